The first kappa shape index (κ1) is 24.6. The molecule has 0 radical (unpaired) electrons. The summed E-state index contributed by atoms with van der Waals surface area (Å²) < 4.78 is 17.2. The van der Waals surface area contributed by atoms with E-state index in [4.69, 9.17) is 14.2 Å². The number of fused-ring (bicyclic) bond motifs is 1. The van der Waals surface area contributed by atoms with Crippen molar-refractivity contribution in [3.63, 3.8) is 0 Å². The Morgan fingerprint density at radius 3 is 2.63 bits per heavy atom. The number of aromatic nitrogens is 2. The second-order valence-electron chi connectivity index (χ2n) is 8.47. The van der Waals surface area contributed by atoms with Gasteiger partial charge in [-0.2, -0.15) is 5.10 Å². The Morgan fingerprint density at radius 2 is 1.89 bits per heavy atom. The summed E-state index contributed by atoms with van der Waals surface area (Å²) in [6, 6.07) is 12.4. The fraction of sp³-hybridized carbons (Fsp3) is 0.407. The van der Waals surface area contributed by atoms with Gasteiger partial charge in [-0.25, -0.2) is 0 Å². The van der Waals surface area contributed by atoms with Crippen LogP contribution in [0.5, 0.6) is 17.2 Å². The van der Waals surface area contributed by atoms with Crippen LogP contribution < -0.4 is 9.47 Å². The first-order valence-corrected chi connectivity index (χ1v) is 12.2. The predicted octanol–water partition coefficient (Wildman–Crippen LogP) is 4.94. The molecule has 2 aromatic carbocycles. The number of nitrogens with one attached hydrogen (secondary N) is 1. The number of H-pyrrole nitrogens is 1. The van der Waals surface area contributed by atoms with Gasteiger partial charge < -0.3 is 24.2 Å². The van der Waals surface area contributed by atoms with Crippen molar-refractivity contribution in [2.24, 2.45) is 0 Å². The maximum Gasteiger partial charge on any atom is 0.273 e. The average Bonchev–Trinajstić information content (AvgIpc) is 3.40. The van der Waals surface area contributed by atoms with E-state index in [-0.39, 0.29) is 11.7 Å². The number of amides is 1. The van der Waals surface area contributed by atoms with Crippen LogP contribution in [-0.2, 0) is 4.74 Å². The molecule has 0 spiro atoms. The van der Waals surface area contributed by atoms with Gasteiger partial charge >= 0.3 is 0 Å². The molecule has 35 heavy (non-hydrogen) atoms. The smallest absolute Gasteiger partial charge is 0.273 e. The third-order valence-electron chi connectivity index (χ3n) is 6.15. The van der Waals surface area contributed by atoms with E-state index in [0.29, 0.717) is 54.8 Å². The molecule has 8 heteroatoms. The fourth-order valence-electron chi connectivity index (χ4n) is 4.46. The molecule has 0 unspecified atom stereocenters. The van der Waals surface area contributed by atoms with Crippen LogP contribution in [0, 0.1) is 0 Å². The summed E-state index contributed by atoms with van der Waals surface area (Å²) in [6.07, 6.45) is 3.22. The van der Waals surface area contributed by atoms with E-state index in [2.05, 4.69) is 17.1 Å². The van der Waals surface area contributed by atoms with Crippen molar-refractivity contribution in [2.45, 2.75) is 39.2 Å². The SMILES string of the molecule is CCCCCOc1ccc([C@@H]2c3c(-c4ccccc4O)n[nH]c3C(=O)N2CCOC)cc1OCC. The predicted molar refractivity (Wildman–Crippen MR) is 133 cm³/mol. The van der Waals surface area contributed by atoms with Gasteiger partial charge in [0.15, 0.2) is 11.5 Å². The van der Waals surface area contributed by atoms with Crippen LogP contribution in [0.4, 0.5) is 0 Å². The molecule has 2 heterocycles. The Kier molecular flexibility index (Phi) is 7.92. The van der Waals surface area contributed by atoms with Gasteiger partial charge in [0.05, 0.1) is 25.9 Å². The lowest BCUT2D eigenvalue weighted by molar-refractivity contribution is 0.0677. The molecule has 186 valence electrons. The van der Waals surface area contributed by atoms with Crippen molar-refractivity contribution in [1.29, 1.82) is 0 Å². The zero-order chi connectivity index (χ0) is 24.8. The normalized spacial score (nSPS) is 14.9. The molecule has 0 saturated carbocycles. The van der Waals surface area contributed by atoms with E-state index in [1.54, 1.807) is 30.2 Å². The molecule has 1 aliphatic rings. The van der Waals surface area contributed by atoms with Crippen LogP contribution in [0.15, 0.2) is 42.5 Å². The number of aromatic amines is 1. The summed E-state index contributed by atoms with van der Waals surface area (Å²) in [4.78, 5) is 15.1. The standard InChI is InChI=1S/C27H33N3O5/c1-4-6-9-15-35-21-13-12-18(17-22(21)34-5-2)26-23-24(19-10-7-8-11-20(19)31)28-29-25(23)27(32)30(26)14-16-33-3/h7-8,10-13,17,26,31H,4-6,9,14-16H2,1-3H3,(H,28,29)/t26-/m1/s1. The molecule has 1 aromatic heterocycles. The Bertz CT molecular complexity index is 1160. The Labute approximate surface area is 205 Å². The highest BCUT2D eigenvalue weighted by molar-refractivity contribution is 6.00. The van der Waals surface area contributed by atoms with Gasteiger partial charge in [-0.3, -0.25) is 9.89 Å². The first-order valence-electron chi connectivity index (χ1n) is 12.2. The van der Waals surface area contributed by atoms with Crippen molar-refractivity contribution in [2.75, 3.05) is 33.5 Å². The lowest BCUT2D eigenvalue weighted by Gasteiger charge is -2.27. The molecule has 3 aromatic rings. The average molecular weight is 480 g/mol. The number of methoxy groups -OCH3 is 1. The number of rotatable bonds is 12. The number of para-hydroxylation sites is 1. The summed E-state index contributed by atoms with van der Waals surface area (Å²) in [5.41, 5.74) is 3.14. The molecule has 2 N–H and O–H groups in total. The third-order valence-corrected chi connectivity index (χ3v) is 6.15. The number of carbonyl (C=O) groups excluding carboxylic acids is 1. The first-order chi connectivity index (χ1) is 17.1. The lowest BCUT2D eigenvalue weighted by Crippen LogP contribution is -2.32. The van der Waals surface area contributed by atoms with Gasteiger partial charge in [0, 0.05) is 24.8 Å². The van der Waals surface area contributed by atoms with Gasteiger partial charge in [0.25, 0.3) is 5.91 Å². The van der Waals surface area contributed by atoms with Gasteiger partial charge in [0.2, 0.25) is 0 Å². The molecule has 0 aliphatic carbocycles. The summed E-state index contributed by atoms with van der Waals surface area (Å²) in [6.45, 7) is 6.00. The van der Waals surface area contributed by atoms with E-state index in [1.165, 1.54) is 0 Å². The number of benzene rings is 2. The molecule has 4 rings (SSSR count). The molecule has 0 bridgehead atoms. The van der Waals surface area contributed by atoms with Crippen LogP contribution in [0.1, 0.15) is 60.8 Å². The maximum atomic E-state index is 13.4. The maximum absolute atomic E-state index is 13.4. The lowest BCUT2D eigenvalue weighted by atomic mass is 9.95. The van der Waals surface area contributed by atoms with Gasteiger partial charge in [-0.1, -0.05) is 38.0 Å². The number of hydrogen-bond acceptors (Lipinski definition) is 6. The summed E-state index contributed by atoms with van der Waals surface area (Å²) >= 11 is 0. The number of unbranched alkanes of at least 4 members (excludes halogenated alkanes) is 2. The topological polar surface area (TPSA) is 96.9 Å². The van der Waals surface area contributed by atoms with Gasteiger partial charge in [0.1, 0.15) is 17.1 Å². The van der Waals surface area contributed by atoms with Gasteiger partial charge in [-0.05, 0) is 43.2 Å². The van der Waals surface area contributed by atoms with Crippen LogP contribution >= 0.6 is 0 Å². The van der Waals surface area contributed by atoms with E-state index in [9.17, 15) is 9.90 Å². The summed E-state index contributed by atoms with van der Waals surface area (Å²) in [5.74, 6) is 1.28. The van der Waals surface area contributed by atoms with Crippen molar-refractivity contribution >= 4 is 5.91 Å². The number of aromatic hydroxyl groups is 1. The number of phenolic OH excluding ortho intramolecular Hbond substituents is 1. The highest BCUT2D eigenvalue weighted by atomic mass is 16.5. The van der Waals surface area contributed by atoms with Crippen molar-refractivity contribution in [1.82, 2.24) is 15.1 Å². The Hall–Kier alpha value is -3.52. The van der Waals surface area contributed by atoms with Crippen molar-refractivity contribution in [3.05, 3.63) is 59.3 Å². The highest BCUT2D eigenvalue weighted by Crippen LogP contribution is 2.45. The summed E-state index contributed by atoms with van der Waals surface area (Å²) in [5, 5.41) is 17.8. The van der Waals surface area contributed by atoms with Crippen molar-refractivity contribution < 1.29 is 24.1 Å². The monoisotopic (exact) mass is 479 g/mol. The van der Waals surface area contributed by atoms with Crippen molar-refractivity contribution in [3.8, 4) is 28.5 Å². The Balaban J connectivity index is 1.77. The van der Waals surface area contributed by atoms with Crippen LogP contribution in [0.2, 0.25) is 0 Å². The molecular formula is C27H33N3O5. The van der Waals surface area contributed by atoms with E-state index in [1.807, 2.05) is 31.2 Å². The Morgan fingerprint density at radius 1 is 1.06 bits per heavy atom. The van der Waals surface area contributed by atoms with Crippen LogP contribution in [0.25, 0.3) is 11.3 Å². The minimum Gasteiger partial charge on any atom is -0.507 e. The van der Waals surface area contributed by atoms with Crippen LogP contribution in [0.3, 0.4) is 0 Å². The highest BCUT2D eigenvalue weighted by Gasteiger charge is 2.42. The molecule has 1 atom stereocenters. The quantitative estimate of drug-likeness (QED) is 0.357. The third kappa shape index (κ3) is 4.98. The second-order valence-corrected chi connectivity index (χ2v) is 8.47. The molecule has 0 saturated heterocycles. The molecule has 0 fully saturated rings. The largest absolute Gasteiger partial charge is 0.507 e. The second kappa shape index (κ2) is 11.3. The number of phenols is 1. The van der Waals surface area contributed by atoms with E-state index >= 15 is 0 Å². The molecule has 1 amide bonds. The number of ether oxygens (including phenoxy) is 3. The zero-order valence-corrected chi connectivity index (χ0v) is 20.5. The number of nitrogens with zero attached hydrogens (tertiary/aromatic N) is 2. The van der Waals surface area contributed by atoms with E-state index in [0.717, 1.165) is 30.4 Å². The minimum absolute atomic E-state index is 0.106. The fourth-order valence-corrected chi connectivity index (χ4v) is 4.46. The minimum atomic E-state index is -0.422. The van der Waals surface area contributed by atoms with Gasteiger partial charge in [-0.15, -0.1) is 0 Å². The molecular weight excluding hydrogens is 446 g/mol. The van der Waals surface area contributed by atoms with E-state index < -0.39 is 6.04 Å². The molecule has 8 nitrogen and oxygen atoms in total. The molecule has 1 aliphatic heterocycles. The number of hydrogen-bond donors (Lipinski definition) is 2. The number of carbonyl (C=O) groups is 1. The zero-order valence-electron chi connectivity index (χ0n) is 20.5. The van der Waals surface area contributed by atoms with Crippen LogP contribution in [-0.4, -0.2) is 59.6 Å². The summed E-state index contributed by atoms with van der Waals surface area (Å²) in [7, 11) is 1.61.